The summed E-state index contributed by atoms with van der Waals surface area (Å²) in [6, 6.07) is 17.5. The Bertz CT molecular complexity index is 1090. The Balaban J connectivity index is 1.69. The van der Waals surface area contributed by atoms with Gasteiger partial charge in [0, 0.05) is 16.9 Å². The SMILES string of the molecule is CN(CC(=O)c1c(-c2ccccc2)[nH]c2ccccc12)[C@H]1CCS(=O)(=O)C1. The molecule has 3 aromatic rings. The highest BCUT2D eigenvalue weighted by Gasteiger charge is 2.32. The number of aromatic amines is 1. The number of carbonyl (C=O) groups excluding carboxylic acids is 1. The molecule has 2 heterocycles. The highest BCUT2D eigenvalue weighted by atomic mass is 32.2. The van der Waals surface area contributed by atoms with Gasteiger partial charge in [0.25, 0.3) is 0 Å². The van der Waals surface area contributed by atoms with Crippen molar-refractivity contribution in [3.63, 3.8) is 0 Å². The van der Waals surface area contributed by atoms with E-state index in [1.54, 1.807) is 0 Å². The predicted molar refractivity (Wildman–Crippen MR) is 108 cm³/mol. The van der Waals surface area contributed by atoms with Crippen molar-refractivity contribution >= 4 is 26.5 Å². The second kappa shape index (κ2) is 6.94. The molecule has 0 saturated carbocycles. The maximum absolute atomic E-state index is 13.2. The molecule has 1 saturated heterocycles. The molecular formula is C21H22N2O3S. The van der Waals surface area contributed by atoms with Crippen LogP contribution in [0.15, 0.2) is 54.6 Å². The zero-order valence-corrected chi connectivity index (χ0v) is 16.0. The lowest BCUT2D eigenvalue weighted by Crippen LogP contribution is -2.36. The minimum absolute atomic E-state index is 0.00176. The number of para-hydroxylation sites is 1. The van der Waals surface area contributed by atoms with Gasteiger partial charge < -0.3 is 4.98 Å². The van der Waals surface area contributed by atoms with Gasteiger partial charge in [0.2, 0.25) is 0 Å². The van der Waals surface area contributed by atoms with Crippen molar-refractivity contribution in [3.05, 3.63) is 60.2 Å². The average Bonchev–Trinajstić information content (AvgIpc) is 3.22. The quantitative estimate of drug-likeness (QED) is 0.688. The molecule has 4 rings (SSSR count). The van der Waals surface area contributed by atoms with Crippen LogP contribution in [-0.2, 0) is 9.84 Å². The Morgan fingerprint density at radius 2 is 1.81 bits per heavy atom. The van der Waals surface area contributed by atoms with E-state index in [0.717, 1.165) is 22.2 Å². The van der Waals surface area contributed by atoms with Crippen LogP contribution in [-0.4, -0.2) is 55.2 Å². The Hall–Kier alpha value is -2.44. The summed E-state index contributed by atoms with van der Waals surface area (Å²) in [5.74, 6) is 0.340. The molecular weight excluding hydrogens is 360 g/mol. The molecule has 2 aromatic carbocycles. The van der Waals surface area contributed by atoms with Gasteiger partial charge in [-0.3, -0.25) is 9.69 Å². The van der Waals surface area contributed by atoms with Gasteiger partial charge in [-0.2, -0.15) is 0 Å². The third kappa shape index (κ3) is 3.55. The van der Waals surface area contributed by atoms with E-state index in [1.807, 2.05) is 66.5 Å². The number of fused-ring (bicyclic) bond motifs is 1. The average molecular weight is 382 g/mol. The van der Waals surface area contributed by atoms with E-state index in [2.05, 4.69) is 4.98 Å². The van der Waals surface area contributed by atoms with Gasteiger partial charge >= 0.3 is 0 Å². The summed E-state index contributed by atoms with van der Waals surface area (Å²) in [5, 5.41) is 0.897. The Labute approximate surface area is 158 Å². The Morgan fingerprint density at radius 3 is 2.52 bits per heavy atom. The zero-order valence-electron chi connectivity index (χ0n) is 15.2. The first-order valence-electron chi connectivity index (χ1n) is 9.04. The van der Waals surface area contributed by atoms with Crippen LogP contribution in [0.1, 0.15) is 16.8 Å². The number of nitrogens with zero attached hydrogens (tertiary/aromatic N) is 1. The van der Waals surface area contributed by atoms with Gasteiger partial charge in [0.15, 0.2) is 15.6 Å². The summed E-state index contributed by atoms with van der Waals surface area (Å²) in [6.07, 6.45) is 0.589. The lowest BCUT2D eigenvalue weighted by atomic mass is 10.0. The van der Waals surface area contributed by atoms with Crippen molar-refractivity contribution in [2.24, 2.45) is 0 Å². The normalized spacial score (nSPS) is 19.0. The van der Waals surface area contributed by atoms with E-state index >= 15 is 0 Å². The molecule has 0 spiro atoms. The second-order valence-electron chi connectivity index (χ2n) is 7.18. The number of rotatable bonds is 5. The molecule has 27 heavy (non-hydrogen) atoms. The maximum Gasteiger partial charge on any atom is 0.179 e. The van der Waals surface area contributed by atoms with Crippen LogP contribution < -0.4 is 0 Å². The number of nitrogens with one attached hydrogen (secondary N) is 1. The van der Waals surface area contributed by atoms with Crippen LogP contribution in [0.2, 0.25) is 0 Å². The van der Waals surface area contributed by atoms with Crippen molar-refractivity contribution in [1.82, 2.24) is 9.88 Å². The number of ketones is 1. The van der Waals surface area contributed by atoms with Crippen molar-refractivity contribution in [1.29, 1.82) is 0 Å². The molecule has 5 nitrogen and oxygen atoms in total. The summed E-state index contributed by atoms with van der Waals surface area (Å²) < 4.78 is 23.5. The lowest BCUT2D eigenvalue weighted by molar-refractivity contribution is 0.0929. The summed E-state index contributed by atoms with van der Waals surface area (Å²) in [4.78, 5) is 18.5. The third-order valence-electron chi connectivity index (χ3n) is 5.27. The molecule has 0 unspecified atom stereocenters. The molecule has 140 valence electrons. The smallest absolute Gasteiger partial charge is 0.179 e. The fraction of sp³-hybridized carbons (Fsp3) is 0.286. The fourth-order valence-corrected chi connectivity index (χ4v) is 5.62. The molecule has 0 amide bonds. The Kier molecular flexibility index (Phi) is 4.61. The maximum atomic E-state index is 13.2. The summed E-state index contributed by atoms with van der Waals surface area (Å²) in [6.45, 7) is 0.196. The van der Waals surface area contributed by atoms with Crippen LogP contribution in [0.4, 0.5) is 0 Å². The number of aromatic nitrogens is 1. The number of hydrogen-bond acceptors (Lipinski definition) is 4. The number of H-pyrrole nitrogens is 1. The molecule has 1 aliphatic heterocycles. The molecule has 1 atom stereocenters. The van der Waals surface area contributed by atoms with Crippen LogP contribution in [0.25, 0.3) is 22.2 Å². The Morgan fingerprint density at radius 1 is 1.11 bits per heavy atom. The van der Waals surface area contributed by atoms with E-state index in [4.69, 9.17) is 0 Å². The highest BCUT2D eigenvalue weighted by molar-refractivity contribution is 7.91. The molecule has 6 heteroatoms. The number of likely N-dealkylation sites (N-methyl/N-ethyl adjacent to an activating group) is 1. The van der Waals surface area contributed by atoms with Crippen molar-refractivity contribution in [2.75, 3.05) is 25.1 Å². The van der Waals surface area contributed by atoms with Crippen molar-refractivity contribution < 1.29 is 13.2 Å². The van der Waals surface area contributed by atoms with Gasteiger partial charge in [-0.05, 0) is 25.1 Å². The largest absolute Gasteiger partial charge is 0.354 e. The van der Waals surface area contributed by atoms with E-state index < -0.39 is 9.84 Å². The minimum Gasteiger partial charge on any atom is -0.354 e. The van der Waals surface area contributed by atoms with Crippen LogP contribution in [0.3, 0.4) is 0 Å². The number of benzene rings is 2. The standard InChI is InChI=1S/C21H22N2O3S/c1-23(16-11-12-27(25,26)14-16)13-19(24)20-17-9-5-6-10-18(17)22-21(20)15-7-3-2-4-8-15/h2-10,16,22H,11-14H2,1H3/t16-/m0/s1. The fourth-order valence-electron chi connectivity index (χ4n) is 3.81. The first-order valence-corrected chi connectivity index (χ1v) is 10.9. The van der Waals surface area contributed by atoms with Gasteiger partial charge in [-0.1, -0.05) is 48.5 Å². The molecule has 1 fully saturated rings. The molecule has 1 aromatic heterocycles. The first-order chi connectivity index (χ1) is 12.9. The number of hydrogen-bond donors (Lipinski definition) is 1. The van der Waals surface area contributed by atoms with Gasteiger partial charge in [0.05, 0.1) is 29.3 Å². The number of sulfone groups is 1. The minimum atomic E-state index is -2.98. The van der Waals surface area contributed by atoms with Crippen molar-refractivity contribution in [2.45, 2.75) is 12.5 Å². The third-order valence-corrected chi connectivity index (χ3v) is 7.02. The van der Waals surface area contributed by atoms with Gasteiger partial charge in [-0.25, -0.2) is 8.42 Å². The molecule has 0 radical (unpaired) electrons. The number of Topliss-reactive ketones (excluding diaryl/α,β-unsaturated/α-hetero) is 1. The summed E-state index contributed by atoms with van der Waals surface area (Å²) in [5.41, 5.74) is 3.37. The highest BCUT2D eigenvalue weighted by Crippen LogP contribution is 2.31. The number of carbonyl (C=O) groups is 1. The van der Waals surface area contributed by atoms with Gasteiger partial charge in [-0.15, -0.1) is 0 Å². The lowest BCUT2D eigenvalue weighted by Gasteiger charge is -2.22. The molecule has 0 bridgehead atoms. The van der Waals surface area contributed by atoms with Gasteiger partial charge in [0.1, 0.15) is 0 Å². The summed E-state index contributed by atoms with van der Waals surface area (Å²) >= 11 is 0. The first kappa shape index (κ1) is 17.9. The van der Waals surface area contributed by atoms with E-state index in [0.29, 0.717) is 12.0 Å². The molecule has 1 aliphatic rings. The topological polar surface area (TPSA) is 70.2 Å². The van der Waals surface area contributed by atoms with E-state index in [-0.39, 0.29) is 29.9 Å². The second-order valence-corrected chi connectivity index (χ2v) is 9.41. The summed E-state index contributed by atoms with van der Waals surface area (Å²) in [7, 11) is -1.14. The van der Waals surface area contributed by atoms with Crippen LogP contribution >= 0.6 is 0 Å². The van der Waals surface area contributed by atoms with Crippen molar-refractivity contribution in [3.8, 4) is 11.3 Å². The van der Waals surface area contributed by atoms with E-state index in [9.17, 15) is 13.2 Å². The van der Waals surface area contributed by atoms with E-state index in [1.165, 1.54) is 0 Å². The molecule has 1 N–H and O–H groups in total. The molecule has 0 aliphatic carbocycles. The zero-order chi connectivity index (χ0) is 19.0. The van der Waals surface area contributed by atoms with Crippen LogP contribution in [0.5, 0.6) is 0 Å². The predicted octanol–water partition coefficient (Wildman–Crippen LogP) is 3.14. The van der Waals surface area contributed by atoms with Crippen LogP contribution in [0, 0.1) is 0 Å². The monoisotopic (exact) mass is 382 g/mol.